The van der Waals surface area contributed by atoms with E-state index in [-0.39, 0.29) is 23.6 Å². The molecule has 4 aromatic heterocycles. The highest BCUT2D eigenvalue weighted by atomic mass is 32.2. The maximum Gasteiger partial charge on any atom is 0.289 e. The fourth-order valence-electron chi connectivity index (χ4n) is 17.0. The number of ether oxygens (including phenoxy) is 4. The Morgan fingerprint density at radius 2 is 0.712 bits per heavy atom. The topological polar surface area (TPSA) is 325 Å². The van der Waals surface area contributed by atoms with E-state index in [0.29, 0.717) is 254 Å². The summed E-state index contributed by atoms with van der Waals surface area (Å²) in [4.78, 5) is 160. The molecule has 0 bridgehead atoms. The van der Waals surface area contributed by atoms with Gasteiger partial charge in [-0.05, 0) is 58.9 Å². The van der Waals surface area contributed by atoms with Gasteiger partial charge in [-0.3, -0.25) is 62.2 Å². The van der Waals surface area contributed by atoms with Crippen molar-refractivity contribution in [2.75, 3.05) is 75.4 Å². The number of hydrogen-bond donors (Lipinski definition) is 0. The summed E-state index contributed by atoms with van der Waals surface area (Å²) < 4.78 is 43.2. The second-order valence-electron chi connectivity index (χ2n) is 31.2. The SMILES string of the molecule is Cc1cc(C(=O)N2CCC3(CC2)CSC2=C(O3)c3ccccc3C(=O)C2=O)c(C)o1.Cc1cc(C(=O)N2CCC3(CC2)CSC2=C(O3)c3ccccc3C(=O)C2=O)n(C)n1.Cc1noc(C)c1C(=O)N1CCC2(CC1)CSC1=C(O2)c2ccccc2C(=O)C1=O.O=C1C(=O)c2ccccc2C2=C1SCC1(CCN(C(=O)c3ccco3)CC1)O2. The number of fused-ring (bicyclic) bond motifs is 8. The molecule has 0 atom stereocenters. The van der Waals surface area contributed by atoms with Crippen molar-refractivity contribution < 1.29 is 89.8 Å². The van der Waals surface area contributed by atoms with Crippen LogP contribution in [-0.4, -0.2) is 202 Å². The molecule has 4 fully saturated rings. The van der Waals surface area contributed by atoms with Crippen LogP contribution in [0.25, 0.3) is 23.0 Å². The van der Waals surface area contributed by atoms with Crippen LogP contribution in [0, 0.1) is 34.6 Å². The van der Waals surface area contributed by atoms with Crippen molar-refractivity contribution in [3.05, 3.63) is 243 Å². The monoisotopic (exact) mass is 1670 g/mol. The molecule has 4 amide bonds. The molecule has 12 heterocycles. The first-order chi connectivity index (χ1) is 56.7. The highest BCUT2D eigenvalue weighted by Crippen LogP contribution is 2.53. The number of rotatable bonds is 4. The Morgan fingerprint density at radius 3 is 1.01 bits per heavy atom. The van der Waals surface area contributed by atoms with Crippen LogP contribution >= 0.6 is 47.0 Å². The molecule has 0 N–H and O–H groups in total. The molecular weight excluding hydrogens is 1590 g/mol. The molecule has 118 heavy (non-hydrogen) atoms. The fraction of sp³-hybridized carbons (Fsp3) is 0.341. The summed E-state index contributed by atoms with van der Waals surface area (Å²) in [6.07, 6.45) is 6.79. The molecule has 26 nitrogen and oxygen atoms in total. The van der Waals surface area contributed by atoms with Crippen LogP contribution < -0.4 is 0 Å². The van der Waals surface area contributed by atoms with E-state index in [2.05, 4.69) is 10.3 Å². The number of likely N-dealkylation sites (tertiary alicyclic amines) is 4. The number of ketones is 8. The Hall–Kier alpha value is -11.3. The van der Waals surface area contributed by atoms with Crippen molar-refractivity contribution in [1.29, 1.82) is 0 Å². The van der Waals surface area contributed by atoms with Gasteiger partial charge in [0, 0.05) is 178 Å². The first kappa shape index (κ1) is 79.1. The van der Waals surface area contributed by atoms with E-state index in [0.717, 1.165) is 11.5 Å². The third-order valence-electron chi connectivity index (χ3n) is 23.7. The van der Waals surface area contributed by atoms with Crippen molar-refractivity contribution in [2.45, 2.75) is 108 Å². The average molecular weight is 1670 g/mol. The molecule has 8 aromatic rings. The second-order valence-corrected chi connectivity index (χ2v) is 35.2. The number of nitrogens with zero attached hydrogens (tertiary/aromatic N) is 7. The number of carbonyl (C=O) groups excluding carboxylic acids is 12. The van der Waals surface area contributed by atoms with E-state index in [9.17, 15) is 57.5 Å². The van der Waals surface area contributed by atoms with Crippen molar-refractivity contribution in [3.63, 3.8) is 0 Å². The zero-order chi connectivity index (χ0) is 82.4. The van der Waals surface area contributed by atoms with E-state index in [4.69, 9.17) is 32.3 Å². The number of benzene rings is 4. The highest BCUT2D eigenvalue weighted by Gasteiger charge is 2.52. The smallest absolute Gasteiger partial charge is 0.289 e. The van der Waals surface area contributed by atoms with Gasteiger partial charge in [0.2, 0.25) is 46.3 Å². The summed E-state index contributed by atoms with van der Waals surface area (Å²) in [5.41, 5.74) is 5.65. The van der Waals surface area contributed by atoms with Gasteiger partial charge < -0.3 is 51.9 Å². The Bertz CT molecular complexity index is 5590. The van der Waals surface area contributed by atoms with E-state index in [1.807, 2.05) is 72.2 Å². The summed E-state index contributed by atoms with van der Waals surface area (Å²) in [7, 11) is 1.78. The summed E-state index contributed by atoms with van der Waals surface area (Å²) in [6.45, 7) is 13.5. The Morgan fingerprint density at radius 1 is 0.381 bits per heavy atom. The molecule has 0 saturated carbocycles. The number of amides is 4. The molecule has 30 heteroatoms. The minimum absolute atomic E-state index is 0.0219. The van der Waals surface area contributed by atoms with E-state index >= 15 is 0 Å². The number of hydrogen-bond acceptors (Lipinski definition) is 25. The van der Waals surface area contributed by atoms with Gasteiger partial charge >= 0.3 is 0 Å². The lowest BCUT2D eigenvalue weighted by Crippen LogP contribution is -2.51. The Balaban J connectivity index is 0.000000113. The highest BCUT2D eigenvalue weighted by molar-refractivity contribution is 8.05. The third-order valence-corrected chi connectivity index (χ3v) is 29.0. The Kier molecular flexibility index (Phi) is 20.9. The van der Waals surface area contributed by atoms with Gasteiger partial charge in [0.25, 0.3) is 23.6 Å². The van der Waals surface area contributed by atoms with Crippen molar-refractivity contribution >= 4 is 140 Å². The average Bonchev–Trinajstić information content (AvgIpc) is 1.03. The van der Waals surface area contributed by atoms with Gasteiger partial charge in [-0.15, -0.1) is 47.0 Å². The van der Waals surface area contributed by atoms with Crippen LogP contribution in [0.2, 0.25) is 0 Å². The summed E-state index contributed by atoms with van der Waals surface area (Å²) in [5.74, 6) is 2.59. The molecule has 4 spiro atoms. The number of allylic oxidation sites excluding steroid dienone is 4. The van der Waals surface area contributed by atoms with Gasteiger partial charge in [-0.25, -0.2) is 0 Å². The lowest BCUT2D eigenvalue weighted by molar-refractivity contribution is -0.112. The van der Waals surface area contributed by atoms with Gasteiger partial charge in [0.15, 0.2) is 5.76 Å². The molecule has 604 valence electrons. The first-order valence-electron chi connectivity index (χ1n) is 38.9. The number of furan rings is 2. The van der Waals surface area contributed by atoms with Crippen LogP contribution in [0.15, 0.2) is 161 Å². The lowest BCUT2D eigenvalue weighted by Gasteiger charge is -2.45. The summed E-state index contributed by atoms with van der Waals surface area (Å²) >= 11 is 5.61. The normalized spacial score (nSPS) is 20.3. The number of aromatic nitrogens is 3. The summed E-state index contributed by atoms with van der Waals surface area (Å²) in [6, 6.07) is 35.3. The van der Waals surface area contributed by atoms with Crippen LogP contribution in [0.3, 0.4) is 0 Å². The first-order valence-corrected chi connectivity index (χ1v) is 42.9. The standard InChI is InChI=1S/C23H21NO5S.C22H21N3O4S.C22H20N2O5S.C21H17NO5S/c1-13-11-17(14(2)28-13)22(27)24-9-7-23(8-10-24)12-30-21-19(26)18(25)15-5-3-4-6-16(15)20(21)29-23;1-13-11-16(24(2)23-13)21(28)25-9-7-22(8-10-25)12-30-20-18(27)17(26)14-5-3-4-6-15(14)19(20)29-22;1-12-16(13(2)29-23-12)21(27)24-9-7-22(8-10-24)11-30-20-18(26)17(25)14-5-3-4-6-15(14)19(20)28-22;23-16-13-4-1-2-5-14(13)18-19(17(16)24)28-12-21(27-18)7-9-22(10-8-21)20(25)15-6-3-11-26-15/h2*3-6,11H,7-10,12H2,1-2H3;3-6H,7-11H2,1-2H3;1-6,11H,7-10,12H2. The molecule has 8 aliphatic heterocycles. The van der Waals surface area contributed by atoms with Crippen LogP contribution in [0.1, 0.15) is 185 Å². The Labute approximate surface area is 693 Å². The van der Waals surface area contributed by atoms with E-state index < -0.39 is 68.7 Å². The van der Waals surface area contributed by atoms with Gasteiger partial charge in [-0.2, -0.15) is 5.10 Å². The van der Waals surface area contributed by atoms with E-state index in [1.165, 1.54) is 53.3 Å². The predicted octanol–water partition coefficient (Wildman–Crippen LogP) is 12.7. The number of carbonyl (C=O) groups is 12. The molecular formula is C88H79N7O19S4. The van der Waals surface area contributed by atoms with Crippen molar-refractivity contribution in [3.8, 4) is 0 Å². The minimum atomic E-state index is -0.491. The maximum absolute atomic E-state index is 12.9. The van der Waals surface area contributed by atoms with Crippen LogP contribution in [0.4, 0.5) is 0 Å². The largest absolute Gasteiger partial charge is 0.484 e. The number of piperidine rings is 4. The molecule has 4 saturated heterocycles. The third kappa shape index (κ3) is 14.3. The van der Waals surface area contributed by atoms with Crippen molar-refractivity contribution in [1.82, 2.24) is 34.5 Å². The molecule has 0 unspecified atom stereocenters. The fourth-order valence-corrected chi connectivity index (χ4v) is 22.0. The molecule has 4 aromatic carbocycles. The number of aryl methyl sites for hydroxylation is 6. The molecule has 0 radical (unpaired) electrons. The lowest BCUT2D eigenvalue weighted by atomic mass is 9.89. The van der Waals surface area contributed by atoms with Gasteiger partial charge in [0.05, 0.1) is 23.2 Å². The van der Waals surface area contributed by atoms with Crippen LogP contribution in [-0.2, 0) is 45.2 Å². The number of thioether (sulfide) groups is 4. The zero-order valence-electron chi connectivity index (χ0n) is 65.3. The van der Waals surface area contributed by atoms with Crippen LogP contribution in [0.5, 0.6) is 0 Å². The van der Waals surface area contributed by atoms with Crippen molar-refractivity contribution in [2.24, 2.45) is 7.05 Å². The molecule has 4 aliphatic carbocycles. The second kappa shape index (κ2) is 31.2. The van der Waals surface area contributed by atoms with Gasteiger partial charge in [0.1, 0.15) is 93.6 Å². The molecule has 12 aliphatic rings. The summed E-state index contributed by atoms with van der Waals surface area (Å²) in [5, 5.41) is 8.14. The molecule has 20 rings (SSSR count). The predicted molar refractivity (Wildman–Crippen MR) is 437 cm³/mol. The minimum Gasteiger partial charge on any atom is -0.484 e. The zero-order valence-corrected chi connectivity index (χ0v) is 68.6. The quantitative estimate of drug-likeness (QED) is 0.148. The number of Topliss-reactive ketones (excluding diaryl/α,β-unsaturated/α-hetero) is 8. The van der Waals surface area contributed by atoms with Gasteiger partial charge in [-0.1, -0.05) is 102 Å². The van der Waals surface area contributed by atoms with E-state index in [1.54, 1.807) is 115 Å². The maximum atomic E-state index is 12.9.